The van der Waals surface area contributed by atoms with Gasteiger partial charge in [-0.25, -0.2) is 0 Å². The highest BCUT2D eigenvalue weighted by molar-refractivity contribution is 6.31. The molecule has 0 atom stereocenters. The van der Waals surface area contributed by atoms with E-state index in [1.807, 2.05) is 30.5 Å². The lowest BCUT2D eigenvalue weighted by atomic mass is 10.1. The molecule has 0 aliphatic carbocycles. The van der Waals surface area contributed by atoms with Gasteiger partial charge in [0.2, 0.25) is 0 Å². The highest BCUT2D eigenvalue weighted by Gasteiger charge is 2.02. The quantitative estimate of drug-likeness (QED) is 0.756. The monoisotopic (exact) mass is 278 g/mol. The van der Waals surface area contributed by atoms with Crippen LogP contribution in [0.5, 0.6) is 0 Å². The second-order valence-electron chi connectivity index (χ2n) is 4.58. The fourth-order valence-corrected chi connectivity index (χ4v) is 2.26. The largest absolute Gasteiger partial charge is 0.396 e. The van der Waals surface area contributed by atoms with Crippen LogP contribution in [0.1, 0.15) is 25.7 Å². The van der Waals surface area contributed by atoms with Gasteiger partial charge >= 0.3 is 0 Å². The van der Waals surface area contributed by atoms with Crippen molar-refractivity contribution in [1.82, 2.24) is 4.98 Å². The molecule has 0 saturated heterocycles. The number of aromatic nitrogens is 1. The zero-order valence-corrected chi connectivity index (χ0v) is 11.7. The highest BCUT2D eigenvalue weighted by Crippen LogP contribution is 2.24. The van der Waals surface area contributed by atoms with Gasteiger partial charge in [0, 0.05) is 35.4 Å². The summed E-state index contributed by atoms with van der Waals surface area (Å²) in [4.78, 5) is 4.33. The first-order chi connectivity index (χ1) is 9.31. The van der Waals surface area contributed by atoms with Crippen LogP contribution in [0.15, 0.2) is 30.5 Å². The summed E-state index contributed by atoms with van der Waals surface area (Å²) in [6.45, 7) is 1.22. The number of aliphatic hydroxyl groups is 1. The summed E-state index contributed by atoms with van der Waals surface area (Å²) < 4.78 is 0. The Balaban J connectivity index is 1.95. The fourth-order valence-electron chi connectivity index (χ4n) is 2.09. The Morgan fingerprint density at radius 3 is 2.79 bits per heavy atom. The Labute approximate surface area is 118 Å². The second-order valence-corrected chi connectivity index (χ2v) is 5.02. The van der Waals surface area contributed by atoms with Gasteiger partial charge in [0.25, 0.3) is 0 Å². The van der Waals surface area contributed by atoms with Gasteiger partial charge in [-0.05, 0) is 37.1 Å². The Bertz CT molecular complexity index is 531. The van der Waals surface area contributed by atoms with Crippen LogP contribution in [-0.2, 0) is 0 Å². The summed E-state index contributed by atoms with van der Waals surface area (Å²) in [5.41, 5.74) is 2.03. The maximum Gasteiger partial charge on any atom is 0.0723 e. The van der Waals surface area contributed by atoms with E-state index >= 15 is 0 Å². The molecule has 4 heteroatoms. The average molecular weight is 279 g/mol. The molecule has 3 nitrogen and oxygen atoms in total. The summed E-state index contributed by atoms with van der Waals surface area (Å²) in [7, 11) is 0. The molecule has 2 rings (SSSR count). The third-order valence-electron chi connectivity index (χ3n) is 3.10. The molecule has 0 aliphatic rings. The van der Waals surface area contributed by atoms with E-state index in [2.05, 4.69) is 10.3 Å². The number of pyridine rings is 1. The maximum atomic E-state index is 8.71. The summed E-state index contributed by atoms with van der Waals surface area (Å²) in [6.07, 6.45) is 6.03. The molecule has 0 bridgehead atoms. The molecule has 1 heterocycles. The fraction of sp³-hybridized carbons (Fsp3) is 0.400. The van der Waals surface area contributed by atoms with Crippen LogP contribution in [0, 0.1) is 0 Å². The van der Waals surface area contributed by atoms with Gasteiger partial charge in [-0.1, -0.05) is 24.4 Å². The van der Waals surface area contributed by atoms with Crippen LogP contribution >= 0.6 is 11.6 Å². The summed E-state index contributed by atoms with van der Waals surface area (Å²) in [5.74, 6) is 0. The SMILES string of the molecule is OCCCCCCNc1ccnc2ccc(Cl)cc12. The van der Waals surface area contributed by atoms with E-state index in [0.717, 1.165) is 53.8 Å². The number of hydrogen-bond acceptors (Lipinski definition) is 3. The van der Waals surface area contributed by atoms with Gasteiger partial charge in [0.1, 0.15) is 0 Å². The Hall–Kier alpha value is -1.32. The minimum Gasteiger partial charge on any atom is -0.396 e. The van der Waals surface area contributed by atoms with Crippen molar-refractivity contribution in [2.75, 3.05) is 18.5 Å². The van der Waals surface area contributed by atoms with Gasteiger partial charge in [-0.2, -0.15) is 0 Å². The maximum absolute atomic E-state index is 8.71. The number of unbranched alkanes of at least 4 members (excludes halogenated alkanes) is 3. The molecule has 0 fully saturated rings. The Morgan fingerprint density at radius 2 is 1.95 bits per heavy atom. The van der Waals surface area contributed by atoms with Crippen molar-refractivity contribution in [2.45, 2.75) is 25.7 Å². The van der Waals surface area contributed by atoms with Crippen LogP contribution in [0.2, 0.25) is 5.02 Å². The molecule has 0 radical (unpaired) electrons. The van der Waals surface area contributed by atoms with Gasteiger partial charge in [-0.3, -0.25) is 4.98 Å². The van der Waals surface area contributed by atoms with Crippen molar-refractivity contribution in [3.63, 3.8) is 0 Å². The molecule has 0 amide bonds. The normalized spacial score (nSPS) is 10.8. The highest BCUT2D eigenvalue weighted by atomic mass is 35.5. The topological polar surface area (TPSA) is 45.1 Å². The van der Waals surface area contributed by atoms with Crippen molar-refractivity contribution in [1.29, 1.82) is 0 Å². The zero-order valence-electron chi connectivity index (χ0n) is 10.9. The molecular formula is C15H19ClN2O. The predicted octanol–water partition coefficient (Wildman–Crippen LogP) is 3.85. The number of halogens is 1. The van der Waals surface area contributed by atoms with E-state index in [9.17, 15) is 0 Å². The van der Waals surface area contributed by atoms with E-state index in [1.54, 1.807) is 0 Å². The molecule has 102 valence electrons. The molecule has 1 aromatic carbocycles. The number of nitrogens with zero attached hydrogens (tertiary/aromatic N) is 1. The third-order valence-corrected chi connectivity index (χ3v) is 3.34. The summed E-state index contributed by atoms with van der Waals surface area (Å²) in [6, 6.07) is 7.71. The van der Waals surface area contributed by atoms with Crippen molar-refractivity contribution >= 4 is 28.2 Å². The van der Waals surface area contributed by atoms with Gasteiger partial charge in [-0.15, -0.1) is 0 Å². The first kappa shape index (κ1) is 14.1. The molecule has 2 N–H and O–H groups in total. The third kappa shape index (κ3) is 4.08. The molecule has 0 unspecified atom stereocenters. The first-order valence-electron chi connectivity index (χ1n) is 6.70. The smallest absolute Gasteiger partial charge is 0.0723 e. The summed E-state index contributed by atoms with van der Waals surface area (Å²) >= 11 is 6.03. The standard InChI is InChI=1S/C15H19ClN2O/c16-12-5-6-14-13(11-12)15(7-9-18-14)17-8-3-1-2-4-10-19/h5-7,9,11,19H,1-4,8,10H2,(H,17,18). The van der Waals surface area contributed by atoms with Crippen molar-refractivity contribution in [3.8, 4) is 0 Å². The van der Waals surface area contributed by atoms with Gasteiger partial charge in [0.05, 0.1) is 5.52 Å². The molecule has 1 aromatic heterocycles. The van der Waals surface area contributed by atoms with E-state index in [0.29, 0.717) is 6.61 Å². The number of benzene rings is 1. The number of aliphatic hydroxyl groups excluding tert-OH is 1. The second kappa shape index (κ2) is 7.31. The van der Waals surface area contributed by atoms with Crippen LogP contribution in [0.4, 0.5) is 5.69 Å². The van der Waals surface area contributed by atoms with Gasteiger partial charge in [0.15, 0.2) is 0 Å². The molecule has 0 aliphatic heterocycles. The molecule has 0 saturated carbocycles. The van der Waals surface area contributed by atoms with E-state index < -0.39 is 0 Å². The van der Waals surface area contributed by atoms with E-state index in [4.69, 9.17) is 16.7 Å². The lowest BCUT2D eigenvalue weighted by molar-refractivity contribution is 0.283. The minimum atomic E-state index is 0.293. The Kier molecular flexibility index (Phi) is 5.43. The lowest BCUT2D eigenvalue weighted by Crippen LogP contribution is -2.02. The predicted molar refractivity (Wildman–Crippen MR) is 80.8 cm³/mol. The van der Waals surface area contributed by atoms with Crippen molar-refractivity contribution in [3.05, 3.63) is 35.5 Å². The summed E-state index contributed by atoms with van der Waals surface area (Å²) in [5, 5.41) is 13.9. The lowest BCUT2D eigenvalue weighted by Gasteiger charge is -2.09. The Morgan fingerprint density at radius 1 is 1.11 bits per heavy atom. The van der Waals surface area contributed by atoms with Crippen molar-refractivity contribution in [2.24, 2.45) is 0 Å². The van der Waals surface area contributed by atoms with Gasteiger partial charge < -0.3 is 10.4 Å². The average Bonchev–Trinajstić information content (AvgIpc) is 2.43. The van der Waals surface area contributed by atoms with Crippen molar-refractivity contribution < 1.29 is 5.11 Å². The number of fused-ring (bicyclic) bond motifs is 1. The van der Waals surface area contributed by atoms with Crippen LogP contribution in [0.3, 0.4) is 0 Å². The number of rotatable bonds is 7. The molecule has 2 aromatic rings. The minimum absolute atomic E-state index is 0.293. The van der Waals surface area contributed by atoms with E-state index in [-0.39, 0.29) is 0 Å². The van der Waals surface area contributed by atoms with Crippen LogP contribution in [-0.4, -0.2) is 23.2 Å². The molecular weight excluding hydrogens is 260 g/mol. The number of nitrogens with one attached hydrogen (secondary N) is 1. The molecule has 0 spiro atoms. The van der Waals surface area contributed by atoms with Crippen LogP contribution < -0.4 is 5.32 Å². The van der Waals surface area contributed by atoms with Crippen LogP contribution in [0.25, 0.3) is 10.9 Å². The first-order valence-corrected chi connectivity index (χ1v) is 7.08. The molecule has 19 heavy (non-hydrogen) atoms. The van der Waals surface area contributed by atoms with E-state index in [1.165, 1.54) is 0 Å². The number of anilines is 1. The number of hydrogen-bond donors (Lipinski definition) is 2. The zero-order chi connectivity index (χ0) is 13.5.